The molecule has 33 heavy (non-hydrogen) atoms. The van der Waals surface area contributed by atoms with Crippen LogP contribution in [-0.4, -0.2) is 31.4 Å². The summed E-state index contributed by atoms with van der Waals surface area (Å²) < 4.78 is 0. The van der Waals surface area contributed by atoms with Crippen LogP contribution in [0.5, 0.6) is 0 Å². The molecule has 3 rings (SSSR count). The Morgan fingerprint density at radius 3 is 2.55 bits per heavy atom. The average molecular weight is 444 g/mol. The van der Waals surface area contributed by atoms with E-state index in [-0.39, 0.29) is 11.8 Å². The molecule has 2 aliphatic rings. The maximum absolute atomic E-state index is 8.83. The highest BCUT2D eigenvalue weighted by Crippen LogP contribution is 2.26. The summed E-state index contributed by atoms with van der Waals surface area (Å²) in [7, 11) is 1.90. The van der Waals surface area contributed by atoms with Crippen molar-refractivity contribution in [1.29, 1.82) is 10.8 Å². The van der Waals surface area contributed by atoms with Crippen LogP contribution in [0.4, 0.5) is 0 Å². The van der Waals surface area contributed by atoms with Gasteiger partial charge in [0.05, 0.1) is 11.4 Å². The smallest absolute Gasteiger partial charge is 0.132 e. The van der Waals surface area contributed by atoms with E-state index in [2.05, 4.69) is 27.0 Å². The van der Waals surface area contributed by atoms with E-state index in [1.807, 2.05) is 70.4 Å². The van der Waals surface area contributed by atoms with E-state index < -0.39 is 0 Å². The summed E-state index contributed by atoms with van der Waals surface area (Å²) in [4.78, 5) is 4.47. The second-order valence-electron chi connectivity index (χ2n) is 8.47. The van der Waals surface area contributed by atoms with Crippen molar-refractivity contribution in [3.63, 3.8) is 0 Å². The molecule has 0 saturated carbocycles. The van der Waals surface area contributed by atoms with Gasteiger partial charge in [0.15, 0.2) is 0 Å². The second kappa shape index (κ2) is 10.7. The van der Waals surface area contributed by atoms with Crippen molar-refractivity contribution in [2.24, 2.45) is 22.6 Å². The highest BCUT2D eigenvalue weighted by Gasteiger charge is 2.24. The highest BCUT2D eigenvalue weighted by atomic mass is 15.1. The van der Waals surface area contributed by atoms with Crippen LogP contribution >= 0.6 is 0 Å². The molecule has 0 radical (unpaired) electrons. The third-order valence-corrected chi connectivity index (χ3v) is 5.59. The van der Waals surface area contributed by atoms with Crippen LogP contribution in [0.25, 0.3) is 0 Å². The van der Waals surface area contributed by atoms with Crippen LogP contribution in [0.15, 0.2) is 88.1 Å². The lowest BCUT2D eigenvalue weighted by molar-refractivity contribution is 0.697. The molecule has 7 N–H and O–H groups in total. The van der Waals surface area contributed by atoms with Gasteiger partial charge in [-0.1, -0.05) is 43.7 Å². The van der Waals surface area contributed by atoms with Gasteiger partial charge in [0.1, 0.15) is 11.7 Å². The summed E-state index contributed by atoms with van der Waals surface area (Å²) in [5.74, 6) is 1.04. The van der Waals surface area contributed by atoms with Crippen molar-refractivity contribution in [3.8, 4) is 0 Å². The number of nitrogens with zero attached hydrogens (tertiary/aromatic N) is 1. The number of fused-ring (bicyclic) bond motifs is 1. The Morgan fingerprint density at radius 2 is 1.91 bits per heavy atom. The monoisotopic (exact) mass is 443 g/mol. The first-order chi connectivity index (χ1) is 15.8. The van der Waals surface area contributed by atoms with E-state index in [0.29, 0.717) is 23.9 Å². The first-order valence-electron chi connectivity index (χ1n) is 11.1. The van der Waals surface area contributed by atoms with Crippen molar-refractivity contribution in [2.75, 3.05) is 13.6 Å². The van der Waals surface area contributed by atoms with Gasteiger partial charge in [0.2, 0.25) is 0 Å². The lowest BCUT2D eigenvalue weighted by atomic mass is 9.88. The molecule has 0 fully saturated rings. The standard InChI is InChI=1S/C26H33N7/c1-16(2)19(13-27)12-24(28)33-25-10-9-22-23(32-25)11-20(14-31-22)21(15-30-4)26(29)18-7-5-17(3)6-8-18/h5-14,16,21,27,29-32H,15H2,1-4H3,(H2,28,33). The van der Waals surface area contributed by atoms with E-state index >= 15 is 0 Å². The van der Waals surface area contributed by atoms with Gasteiger partial charge in [-0.25, -0.2) is 4.99 Å². The molecule has 172 valence electrons. The molecule has 7 heteroatoms. The van der Waals surface area contributed by atoms with Gasteiger partial charge in [0, 0.05) is 30.6 Å². The fraction of sp³-hybridized carbons (Fsp3) is 0.269. The van der Waals surface area contributed by atoms with Crippen molar-refractivity contribution in [1.82, 2.24) is 16.0 Å². The quantitative estimate of drug-likeness (QED) is 0.258. The fourth-order valence-corrected chi connectivity index (χ4v) is 3.62. The number of aliphatic imine (C=N–C) groups is 1. The Bertz CT molecular complexity index is 1100. The van der Waals surface area contributed by atoms with Crippen molar-refractivity contribution < 1.29 is 0 Å². The van der Waals surface area contributed by atoms with Crippen LogP contribution in [0, 0.1) is 29.6 Å². The predicted octanol–water partition coefficient (Wildman–Crippen LogP) is 3.49. The number of dihydropyridines is 2. The Hall–Kier alpha value is -3.71. The maximum Gasteiger partial charge on any atom is 0.132 e. The van der Waals surface area contributed by atoms with Gasteiger partial charge in [-0.15, -0.1) is 0 Å². The molecule has 1 aromatic rings. The van der Waals surface area contributed by atoms with E-state index in [1.165, 1.54) is 11.8 Å². The Labute approximate surface area is 196 Å². The fourth-order valence-electron chi connectivity index (χ4n) is 3.62. The molecule has 0 amide bonds. The molecule has 1 aromatic carbocycles. The Kier molecular flexibility index (Phi) is 7.79. The third kappa shape index (κ3) is 5.96. The molecule has 0 spiro atoms. The highest BCUT2D eigenvalue weighted by molar-refractivity contribution is 6.02. The molecule has 0 aliphatic carbocycles. The van der Waals surface area contributed by atoms with Crippen molar-refractivity contribution in [2.45, 2.75) is 20.8 Å². The topological polar surface area (TPSA) is 122 Å². The van der Waals surface area contributed by atoms with Gasteiger partial charge in [-0.3, -0.25) is 0 Å². The zero-order chi connectivity index (χ0) is 24.0. The zero-order valence-corrected chi connectivity index (χ0v) is 19.7. The number of rotatable bonds is 9. The van der Waals surface area contributed by atoms with Gasteiger partial charge >= 0.3 is 0 Å². The maximum atomic E-state index is 8.83. The van der Waals surface area contributed by atoms with Gasteiger partial charge in [-0.2, -0.15) is 0 Å². The predicted molar refractivity (Wildman–Crippen MR) is 137 cm³/mol. The summed E-state index contributed by atoms with van der Waals surface area (Å²) in [5.41, 5.74) is 12.4. The lowest BCUT2D eigenvalue weighted by Crippen LogP contribution is -2.32. The third-order valence-electron chi connectivity index (χ3n) is 5.59. The number of allylic oxidation sites excluding steroid dienone is 4. The number of hydrogen-bond acceptors (Lipinski definition) is 6. The normalized spacial score (nSPS) is 17.0. The SMILES string of the molecule is CNCC(C(=N)c1ccc(C)cc1)C1=CNC2=CC=C(N=C(N)C=C(C=N)C(C)C)NC2=C1. The van der Waals surface area contributed by atoms with E-state index in [0.717, 1.165) is 28.1 Å². The van der Waals surface area contributed by atoms with Crippen molar-refractivity contribution >= 4 is 17.8 Å². The minimum absolute atomic E-state index is 0.117. The van der Waals surface area contributed by atoms with Crippen LogP contribution in [-0.2, 0) is 0 Å². The molecule has 0 bridgehead atoms. The molecular weight excluding hydrogens is 410 g/mol. The minimum Gasteiger partial charge on any atom is -0.384 e. The lowest BCUT2D eigenvalue weighted by Gasteiger charge is -2.27. The number of nitrogens with two attached hydrogens (primary N) is 1. The molecule has 1 atom stereocenters. The summed E-state index contributed by atoms with van der Waals surface area (Å²) in [6.07, 6.45) is 10.9. The van der Waals surface area contributed by atoms with Crippen LogP contribution in [0.3, 0.4) is 0 Å². The number of aryl methyl sites for hydroxylation is 1. The largest absolute Gasteiger partial charge is 0.384 e. The molecule has 1 unspecified atom stereocenters. The Balaban J connectivity index is 1.82. The second-order valence-corrected chi connectivity index (χ2v) is 8.47. The van der Waals surface area contributed by atoms with Gasteiger partial charge in [-0.05, 0) is 60.9 Å². The van der Waals surface area contributed by atoms with E-state index in [4.69, 9.17) is 16.6 Å². The molecular formula is C26H33N7. The van der Waals surface area contributed by atoms with Crippen LogP contribution in [0.1, 0.15) is 25.0 Å². The number of benzene rings is 1. The molecule has 2 aliphatic heterocycles. The van der Waals surface area contributed by atoms with Gasteiger partial charge < -0.3 is 32.5 Å². The summed E-state index contributed by atoms with van der Waals surface area (Å²) in [5, 5.41) is 26.2. The zero-order valence-electron chi connectivity index (χ0n) is 19.7. The van der Waals surface area contributed by atoms with Crippen LogP contribution < -0.4 is 21.7 Å². The van der Waals surface area contributed by atoms with Crippen LogP contribution in [0.2, 0.25) is 0 Å². The molecule has 2 heterocycles. The number of hydrogen-bond donors (Lipinski definition) is 6. The summed E-state index contributed by atoms with van der Waals surface area (Å²) >= 11 is 0. The van der Waals surface area contributed by atoms with Gasteiger partial charge in [0.25, 0.3) is 0 Å². The van der Waals surface area contributed by atoms with Crippen molar-refractivity contribution in [3.05, 3.63) is 94.3 Å². The van der Waals surface area contributed by atoms with E-state index in [1.54, 1.807) is 6.08 Å². The van der Waals surface area contributed by atoms with E-state index in [9.17, 15) is 0 Å². The summed E-state index contributed by atoms with van der Waals surface area (Å²) in [6, 6.07) is 8.07. The first kappa shape index (κ1) is 23.9. The molecule has 0 aromatic heterocycles. The minimum atomic E-state index is -0.117. The average Bonchev–Trinajstić information content (AvgIpc) is 2.80. The number of amidine groups is 1. The summed E-state index contributed by atoms with van der Waals surface area (Å²) in [6.45, 7) is 6.71. The molecule has 7 nitrogen and oxygen atoms in total. The molecule has 0 saturated heterocycles. The Morgan fingerprint density at radius 1 is 1.18 bits per heavy atom. The number of nitrogens with one attached hydrogen (secondary N) is 5. The first-order valence-corrected chi connectivity index (χ1v) is 11.1.